The van der Waals surface area contributed by atoms with Gasteiger partial charge in [0.25, 0.3) is 0 Å². The summed E-state index contributed by atoms with van der Waals surface area (Å²) >= 11 is 0. The molecule has 0 saturated carbocycles. The zero-order valence-electron chi connectivity index (χ0n) is 9.29. The zero-order chi connectivity index (χ0) is 10.5. The molecule has 0 radical (unpaired) electrons. The fraction of sp³-hybridized carbons (Fsp3) is 0.900. The first-order chi connectivity index (χ1) is 6.08. The summed E-state index contributed by atoms with van der Waals surface area (Å²) in [7, 11) is 0. The third-order valence-corrected chi connectivity index (χ3v) is 2.41. The van der Waals surface area contributed by atoms with Gasteiger partial charge in [-0.2, -0.15) is 5.26 Å². The lowest BCUT2D eigenvalue weighted by Crippen LogP contribution is -2.53. The molecule has 1 rings (SSSR count). The molecular formula is C10H20N2O. The van der Waals surface area contributed by atoms with Gasteiger partial charge in [0.15, 0.2) is 6.19 Å². The van der Waals surface area contributed by atoms with Gasteiger partial charge in [-0.05, 0) is 20.8 Å². The van der Waals surface area contributed by atoms with Crippen LogP contribution in [0.15, 0.2) is 0 Å². The highest BCUT2D eigenvalue weighted by atomic mass is 16.5. The first kappa shape index (κ1) is 12.2. The third kappa shape index (κ3) is 2.89. The van der Waals surface area contributed by atoms with Crippen LogP contribution in [0.2, 0.25) is 0 Å². The summed E-state index contributed by atoms with van der Waals surface area (Å²) in [6.07, 6.45) is 2.16. The zero-order valence-corrected chi connectivity index (χ0v) is 9.29. The molecule has 0 spiro atoms. The highest BCUT2D eigenvalue weighted by Gasteiger charge is 2.34. The molecule has 0 aromatic rings. The van der Waals surface area contributed by atoms with Crippen LogP contribution < -0.4 is 0 Å². The third-order valence-electron chi connectivity index (χ3n) is 2.41. The largest absolute Gasteiger partial charge is 0.372 e. The topological polar surface area (TPSA) is 36.3 Å². The van der Waals surface area contributed by atoms with E-state index in [1.165, 1.54) is 0 Å². The van der Waals surface area contributed by atoms with Gasteiger partial charge in [0, 0.05) is 0 Å². The molecule has 0 aliphatic carbocycles. The standard InChI is InChI=1S/C8H14N2O.C2H6/c1-7-8(2,3)11-5-4-10(7)6-9;1-2/h7H,4-5H2,1-3H3;1-2H3. The van der Waals surface area contributed by atoms with Gasteiger partial charge in [-0.25, -0.2) is 0 Å². The van der Waals surface area contributed by atoms with Crippen molar-refractivity contribution in [1.29, 1.82) is 5.26 Å². The van der Waals surface area contributed by atoms with Crippen LogP contribution in [0, 0.1) is 11.5 Å². The van der Waals surface area contributed by atoms with Gasteiger partial charge >= 0.3 is 0 Å². The Morgan fingerprint density at radius 2 is 2.00 bits per heavy atom. The number of ether oxygens (including phenoxy) is 1. The number of rotatable bonds is 0. The van der Waals surface area contributed by atoms with Crippen molar-refractivity contribution in [3.05, 3.63) is 0 Å². The Hall–Kier alpha value is -0.750. The monoisotopic (exact) mass is 184 g/mol. The van der Waals surface area contributed by atoms with Crippen LogP contribution in [0.4, 0.5) is 0 Å². The molecule has 76 valence electrons. The van der Waals surface area contributed by atoms with E-state index in [1.54, 1.807) is 4.90 Å². The number of hydrogen-bond acceptors (Lipinski definition) is 3. The smallest absolute Gasteiger partial charge is 0.179 e. The predicted octanol–water partition coefficient (Wildman–Crippen LogP) is 1.99. The van der Waals surface area contributed by atoms with Gasteiger partial charge < -0.3 is 9.64 Å². The maximum atomic E-state index is 8.71. The molecule has 3 heteroatoms. The molecule has 0 aromatic heterocycles. The second-order valence-corrected chi connectivity index (χ2v) is 3.42. The molecule has 13 heavy (non-hydrogen) atoms. The van der Waals surface area contributed by atoms with Gasteiger partial charge in [0.1, 0.15) is 0 Å². The molecule has 0 bridgehead atoms. The van der Waals surface area contributed by atoms with E-state index in [4.69, 9.17) is 10.00 Å². The van der Waals surface area contributed by atoms with Crippen molar-refractivity contribution >= 4 is 0 Å². The molecule has 0 N–H and O–H groups in total. The van der Waals surface area contributed by atoms with Gasteiger partial charge in [-0.3, -0.25) is 0 Å². The van der Waals surface area contributed by atoms with Crippen LogP contribution >= 0.6 is 0 Å². The summed E-state index contributed by atoms with van der Waals surface area (Å²) in [6.45, 7) is 11.4. The summed E-state index contributed by atoms with van der Waals surface area (Å²) in [4.78, 5) is 1.77. The van der Waals surface area contributed by atoms with Crippen LogP contribution in [-0.4, -0.2) is 29.7 Å². The number of nitriles is 1. The van der Waals surface area contributed by atoms with E-state index in [-0.39, 0.29) is 11.6 Å². The quantitative estimate of drug-likeness (QED) is 0.540. The van der Waals surface area contributed by atoms with E-state index in [9.17, 15) is 0 Å². The summed E-state index contributed by atoms with van der Waals surface area (Å²) in [5, 5.41) is 8.71. The van der Waals surface area contributed by atoms with E-state index in [0.717, 1.165) is 6.54 Å². The van der Waals surface area contributed by atoms with Crippen LogP contribution in [0.25, 0.3) is 0 Å². The second kappa shape index (κ2) is 5.08. The Kier molecular flexibility index (Phi) is 4.79. The van der Waals surface area contributed by atoms with Crippen LogP contribution in [0.1, 0.15) is 34.6 Å². The summed E-state index contributed by atoms with van der Waals surface area (Å²) in [6, 6.07) is 0.182. The van der Waals surface area contributed by atoms with Gasteiger partial charge in [-0.15, -0.1) is 0 Å². The summed E-state index contributed by atoms with van der Waals surface area (Å²) in [5.74, 6) is 0. The van der Waals surface area contributed by atoms with E-state index in [1.807, 2.05) is 34.6 Å². The normalized spacial score (nSPS) is 25.5. The molecule has 0 aromatic carbocycles. The molecular weight excluding hydrogens is 164 g/mol. The average molecular weight is 184 g/mol. The van der Waals surface area contributed by atoms with E-state index in [0.29, 0.717) is 6.61 Å². The molecule has 0 amide bonds. The van der Waals surface area contributed by atoms with Crippen molar-refractivity contribution in [2.24, 2.45) is 0 Å². The van der Waals surface area contributed by atoms with E-state index < -0.39 is 0 Å². The molecule has 1 unspecified atom stereocenters. The maximum Gasteiger partial charge on any atom is 0.179 e. The average Bonchev–Trinajstić information content (AvgIpc) is 2.13. The SMILES string of the molecule is CC.CC1N(C#N)CCOC1(C)C. The van der Waals surface area contributed by atoms with Crippen LogP contribution in [-0.2, 0) is 4.74 Å². The first-order valence-corrected chi connectivity index (χ1v) is 4.88. The van der Waals surface area contributed by atoms with Crippen LogP contribution in [0.3, 0.4) is 0 Å². The van der Waals surface area contributed by atoms with Gasteiger partial charge in [0.05, 0.1) is 24.8 Å². The minimum Gasteiger partial charge on any atom is -0.372 e. The second-order valence-electron chi connectivity index (χ2n) is 3.42. The Morgan fingerprint density at radius 1 is 1.46 bits per heavy atom. The van der Waals surface area contributed by atoms with Crippen molar-refractivity contribution < 1.29 is 4.74 Å². The highest BCUT2D eigenvalue weighted by molar-refractivity contribution is 4.93. The minimum absolute atomic E-state index is 0.182. The molecule has 1 fully saturated rings. The number of morpholine rings is 1. The van der Waals surface area contributed by atoms with Gasteiger partial charge in [0.2, 0.25) is 0 Å². The fourth-order valence-electron chi connectivity index (χ4n) is 1.23. The Labute approximate surface area is 81.3 Å². The van der Waals surface area contributed by atoms with Crippen molar-refractivity contribution in [1.82, 2.24) is 4.90 Å². The predicted molar refractivity (Wildman–Crippen MR) is 53.2 cm³/mol. The molecule has 1 aliphatic heterocycles. The Balaban J connectivity index is 0.000000671. The van der Waals surface area contributed by atoms with E-state index >= 15 is 0 Å². The van der Waals surface area contributed by atoms with Gasteiger partial charge in [-0.1, -0.05) is 13.8 Å². The molecule has 3 nitrogen and oxygen atoms in total. The lowest BCUT2D eigenvalue weighted by molar-refractivity contribution is -0.104. The molecule has 1 heterocycles. The summed E-state index contributed by atoms with van der Waals surface area (Å²) in [5.41, 5.74) is -0.187. The maximum absolute atomic E-state index is 8.71. The lowest BCUT2D eigenvalue weighted by atomic mass is 9.97. The summed E-state index contributed by atoms with van der Waals surface area (Å²) < 4.78 is 5.52. The molecule has 1 aliphatic rings. The molecule has 1 atom stereocenters. The van der Waals surface area contributed by atoms with Crippen molar-refractivity contribution in [2.75, 3.05) is 13.2 Å². The number of nitrogens with zero attached hydrogens (tertiary/aromatic N) is 2. The highest BCUT2D eigenvalue weighted by Crippen LogP contribution is 2.23. The number of hydrogen-bond donors (Lipinski definition) is 0. The van der Waals surface area contributed by atoms with Crippen molar-refractivity contribution in [2.45, 2.75) is 46.3 Å². The van der Waals surface area contributed by atoms with Crippen molar-refractivity contribution in [3.63, 3.8) is 0 Å². The molecule has 1 saturated heterocycles. The Morgan fingerprint density at radius 3 is 2.38 bits per heavy atom. The fourth-order valence-corrected chi connectivity index (χ4v) is 1.23. The van der Waals surface area contributed by atoms with Crippen molar-refractivity contribution in [3.8, 4) is 6.19 Å². The van der Waals surface area contributed by atoms with Crippen LogP contribution in [0.5, 0.6) is 0 Å². The van der Waals surface area contributed by atoms with E-state index in [2.05, 4.69) is 6.19 Å². The first-order valence-electron chi connectivity index (χ1n) is 4.88. The lowest BCUT2D eigenvalue weighted by Gasteiger charge is -2.41. The minimum atomic E-state index is -0.187. The Bertz CT molecular complexity index is 184.